The van der Waals surface area contributed by atoms with Crippen molar-refractivity contribution in [2.24, 2.45) is 16.2 Å². The zero-order valence-corrected chi connectivity index (χ0v) is 12.3. The molecule has 2 N–H and O–H groups in total. The molecule has 0 unspecified atom stereocenters. The third-order valence-electron chi connectivity index (χ3n) is 5.30. The molecule has 2 fully saturated rings. The molecule has 0 radical (unpaired) electrons. The maximum atomic E-state index is 9.89. The Morgan fingerprint density at radius 3 is 1.37 bits per heavy atom. The quantitative estimate of drug-likeness (QED) is 0.704. The van der Waals surface area contributed by atoms with E-state index >= 15 is 0 Å². The molecule has 19 heavy (non-hydrogen) atoms. The van der Waals surface area contributed by atoms with Gasteiger partial charge in [-0.15, -0.1) is 0 Å². The van der Waals surface area contributed by atoms with Crippen LogP contribution in [0.4, 0.5) is 0 Å². The van der Waals surface area contributed by atoms with Gasteiger partial charge in [-0.3, -0.25) is 0 Å². The predicted octanol–water partition coefficient (Wildman–Crippen LogP) is 1.59. The molecule has 0 aliphatic carbocycles. The number of aliphatic hydroxyl groups excluding tert-OH is 2. The summed E-state index contributed by atoms with van der Waals surface area (Å²) in [7, 11) is 0. The first kappa shape index (κ1) is 15.2. The van der Waals surface area contributed by atoms with Crippen LogP contribution in [0.25, 0.3) is 0 Å². The second-order valence-electron chi connectivity index (χ2n) is 6.86. The van der Waals surface area contributed by atoms with Crippen molar-refractivity contribution in [1.29, 1.82) is 0 Å². The molecule has 0 aromatic rings. The van der Waals surface area contributed by atoms with E-state index in [1.807, 2.05) is 0 Å². The van der Waals surface area contributed by atoms with Crippen molar-refractivity contribution < 1.29 is 19.7 Å². The molecule has 2 heterocycles. The van der Waals surface area contributed by atoms with E-state index < -0.39 is 0 Å². The van der Waals surface area contributed by atoms with E-state index in [1.165, 1.54) is 0 Å². The molecule has 2 aliphatic rings. The second kappa shape index (κ2) is 5.68. The van der Waals surface area contributed by atoms with E-state index in [9.17, 15) is 10.2 Å². The first-order valence-electron chi connectivity index (χ1n) is 7.44. The van der Waals surface area contributed by atoms with Gasteiger partial charge < -0.3 is 19.7 Å². The molecule has 4 nitrogen and oxygen atoms in total. The Labute approximate surface area is 116 Å². The molecule has 0 spiro atoms. The van der Waals surface area contributed by atoms with Crippen LogP contribution in [0.5, 0.6) is 0 Å². The van der Waals surface area contributed by atoms with Crippen molar-refractivity contribution in [3.8, 4) is 0 Å². The number of aliphatic hydroxyl groups is 2. The molecule has 0 amide bonds. The van der Waals surface area contributed by atoms with Crippen LogP contribution in [0.3, 0.4) is 0 Å². The minimum atomic E-state index is -0.389. The molecule has 2 rings (SSSR count). The van der Waals surface area contributed by atoms with Gasteiger partial charge in [-0.05, 0) is 25.7 Å². The first-order valence-corrected chi connectivity index (χ1v) is 7.44. The maximum absolute atomic E-state index is 9.89. The van der Waals surface area contributed by atoms with Gasteiger partial charge in [0.1, 0.15) is 0 Å². The summed E-state index contributed by atoms with van der Waals surface area (Å²) in [5.74, 6) is 0. The lowest BCUT2D eigenvalue weighted by molar-refractivity contribution is -0.180. The molecular weight excluding hydrogens is 244 g/mol. The summed E-state index contributed by atoms with van der Waals surface area (Å²) in [6.45, 7) is 7.50. The number of hydrogen-bond donors (Lipinski definition) is 2. The van der Waals surface area contributed by atoms with E-state index in [0.717, 1.165) is 52.1 Å². The molecular formula is C15H28O4. The summed E-state index contributed by atoms with van der Waals surface area (Å²) >= 11 is 0. The van der Waals surface area contributed by atoms with E-state index in [4.69, 9.17) is 9.47 Å². The lowest BCUT2D eigenvalue weighted by Crippen LogP contribution is -2.53. The van der Waals surface area contributed by atoms with Gasteiger partial charge in [-0.1, -0.05) is 13.8 Å². The molecule has 0 atom stereocenters. The summed E-state index contributed by atoms with van der Waals surface area (Å²) in [6.07, 6.45) is 3.80. The van der Waals surface area contributed by atoms with Crippen molar-refractivity contribution in [3.05, 3.63) is 0 Å². The Kier molecular flexibility index (Phi) is 4.56. The Balaban J connectivity index is 2.08. The van der Waals surface area contributed by atoms with Crippen LogP contribution in [0.2, 0.25) is 0 Å². The average Bonchev–Trinajstić information content (AvgIpc) is 2.36. The van der Waals surface area contributed by atoms with Crippen LogP contribution in [-0.2, 0) is 9.47 Å². The average molecular weight is 272 g/mol. The van der Waals surface area contributed by atoms with Gasteiger partial charge in [0.25, 0.3) is 0 Å². The van der Waals surface area contributed by atoms with Crippen LogP contribution in [0, 0.1) is 16.2 Å². The predicted molar refractivity (Wildman–Crippen MR) is 72.9 cm³/mol. The van der Waals surface area contributed by atoms with E-state index in [-0.39, 0.29) is 29.5 Å². The molecule has 0 aromatic carbocycles. The van der Waals surface area contributed by atoms with Gasteiger partial charge in [0.05, 0.1) is 39.6 Å². The van der Waals surface area contributed by atoms with Crippen molar-refractivity contribution >= 4 is 0 Å². The standard InChI is InChI=1S/C15H28O4/c1-3-13(9-18-10-13)5-15(7-16,8-17)6-14(4-2)11-19-12-14/h16-17H,3-12H2,1-2H3. The molecule has 0 saturated carbocycles. The number of rotatable bonds is 8. The Bertz CT molecular complexity index is 254. The topological polar surface area (TPSA) is 58.9 Å². The van der Waals surface area contributed by atoms with Crippen molar-refractivity contribution in [2.45, 2.75) is 39.5 Å². The van der Waals surface area contributed by atoms with Crippen molar-refractivity contribution in [3.63, 3.8) is 0 Å². The molecule has 0 aromatic heterocycles. The zero-order valence-electron chi connectivity index (χ0n) is 12.3. The fourth-order valence-electron chi connectivity index (χ4n) is 3.57. The minimum Gasteiger partial charge on any atom is -0.396 e. The van der Waals surface area contributed by atoms with Gasteiger partial charge in [0.15, 0.2) is 0 Å². The second-order valence-corrected chi connectivity index (χ2v) is 6.86. The van der Waals surface area contributed by atoms with Crippen LogP contribution in [0.15, 0.2) is 0 Å². The zero-order chi connectivity index (χ0) is 14.0. The highest BCUT2D eigenvalue weighted by Crippen LogP contribution is 2.49. The lowest BCUT2D eigenvalue weighted by Gasteiger charge is -2.51. The largest absolute Gasteiger partial charge is 0.396 e. The molecule has 2 saturated heterocycles. The molecule has 2 aliphatic heterocycles. The summed E-state index contributed by atoms with van der Waals surface area (Å²) in [4.78, 5) is 0. The highest BCUT2D eigenvalue weighted by molar-refractivity contribution is 4.98. The van der Waals surface area contributed by atoms with Gasteiger partial charge in [-0.25, -0.2) is 0 Å². The summed E-state index contributed by atoms with van der Waals surface area (Å²) in [5.41, 5.74) is -0.0738. The monoisotopic (exact) mass is 272 g/mol. The lowest BCUT2D eigenvalue weighted by atomic mass is 9.61. The third-order valence-corrected chi connectivity index (χ3v) is 5.30. The summed E-state index contributed by atoms with van der Waals surface area (Å²) in [6, 6.07) is 0. The highest BCUT2D eigenvalue weighted by Gasteiger charge is 2.49. The van der Waals surface area contributed by atoms with E-state index in [0.29, 0.717) is 0 Å². The smallest absolute Gasteiger partial charge is 0.0544 e. The van der Waals surface area contributed by atoms with Crippen LogP contribution in [-0.4, -0.2) is 49.9 Å². The van der Waals surface area contributed by atoms with Crippen LogP contribution >= 0.6 is 0 Å². The molecule has 112 valence electrons. The number of ether oxygens (including phenoxy) is 2. The van der Waals surface area contributed by atoms with Crippen molar-refractivity contribution in [1.82, 2.24) is 0 Å². The fraction of sp³-hybridized carbons (Fsp3) is 1.00. The van der Waals surface area contributed by atoms with Crippen molar-refractivity contribution in [2.75, 3.05) is 39.6 Å². The molecule has 4 heteroatoms. The number of hydrogen-bond acceptors (Lipinski definition) is 4. The van der Waals surface area contributed by atoms with Gasteiger partial charge in [-0.2, -0.15) is 0 Å². The Morgan fingerprint density at radius 2 is 1.21 bits per heavy atom. The Hall–Kier alpha value is -0.160. The van der Waals surface area contributed by atoms with Gasteiger partial charge in [0, 0.05) is 16.2 Å². The van der Waals surface area contributed by atoms with Crippen LogP contribution < -0.4 is 0 Å². The van der Waals surface area contributed by atoms with Crippen LogP contribution in [0.1, 0.15) is 39.5 Å². The fourth-order valence-corrected chi connectivity index (χ4v) is 3.57. The van der Waals surface area contributed by atoms with Gasteiger partial charge >= 0.3 is 0 Å². The van der Waals surface area contributed by atoms with E-state index in [1.54, 1.807) is 0 Å². The maximum Gasteiger partial charge on any atom is 0.0544 e. The van der Waals surface area contributed by atoms with E-state index in [2.05, 4.69) is 13.8 Å². The first-order chi connectivity index (χ1) is 9.07. The SMILES string of the molecule is CCC1(CC(CO)(CO)CC2(CC)COC2)COC1. The minimum absolute atomic E-state index is 0.0486. The normalized spacial score (nSPS) is 24.6. The molecule has 0 bridgehead atoms. The Morgan fingerprint density at radius 1 is 0.842 bits per heavy atom. The third kappa shape index (κ3) is 2.82. The summed E-state index contributed by atoms with van der Waals surface area (Å²) < 4.78 is 10.7. The highest BCUT2D eigenvalue weighted by atomic mass is 16.5. The summed E-state index contributed by atoms with van der Waals surface area (Å²) in [5, 5.41) is 19.8. The van der Waals surface area contributed by atoms with Gasteiger partial charge in [0.2, 0.25) is 0 Å².